The van der Waals surface area contributed by atoms with Crippen molar-refractivity contribution < 1.29 is 23.9 Å². The number of nitrogens with two attached hydrogens (primary N) is 1. The zero-order valence-electron chi connectivity index (χ0n) is 19.9. The van der Waals surface area contributed by atoms with Gasteiger partial charge in [-0.1, -0.05) is 30.3 Å². The van der Waals surface area contributed by atoms with Gasteiger partial charge in [0.25, 0.3) is 5.91 Å². The highest BCUT2D eigenvalue weighted by atomic mass is 16.5. The molecular formula is C27H31N3O5. The SMILES string of the molecule is C[C@@H]1COC[C@H](N)N1Cc1ccc(COc2cccc3c2CN(C2CCC(=O)CC2=O)C3=O)cc1. The molecule has 3 aliphatic rings. The molecule has 1 aliphatic carbocycles. The van der Waals surface area contributed by atoms with Crippen LogP contribution in [0.15, 0.2) is 42.5 Å². The Hall–Kier alpha value is -3.07. The number of ether oxygens (including phenoxy) is 2. The van der Waals surface area contributed by atoms with Gasteiger partial charge in [0.15, 0.2) is 5.78 Å². The zero-order chi connectivity index (χ0) is 24.5. The summed E-state index contributed by atoms with van der Waals surface area (Å²) >= 11 is 0. The Kier molecular flexibility index (Phi) is 6.69. The number of Topliss-reactive ketones (excluding diaryl/α,β-unsaturated/α-hetero) is 2. The molecule has 8 heteroatoms. The molecule has 5 rings (SSSR count). The van der Waals surface area contributed by atoms with E-state index in [4.69, 9.17) is 15.2 Å². The van der Waals surface area contributed by atoms with Crippen LogP contribution in [-0.2, 0) is 34.0 Å². The van der Waals surface area contributed by atoms with Gasteiger partial charge in [0.2, 0.25) is 0 Å². The Morgan fingerprint density at radius 3 is 2.57 bits per heavy atom. The lowest BCUT2D eigenvalue weighted by atomic mass is 9.92. The van der Waals surface area contributed by atoms with Gasteiger partial charge < -0.3 is 20.1 Å². The summed E-state index contributed by atoms with van der Waals surface area (Å²) in [6.45, 7) is 4.82. The minimum atomic E-state index is -0.532. The molecule has 0 radical (unpaired) electrons. The van der Waals surface area contributed by atoms with Crippen LogP contribution in [0.2, 0.25) is 0 Å². The summed E-state index contributed by atoms with van der Waals surface area (Å²) in [5.41, 5.74) is 9.77. The number of fused-ring (bicyclic) bond motifs is 1. The maximum Gasteiger partial charge on any atom is 0.255 e. The molecule has 3 atom stereocenters. The highest BCUT2D eigenvalue weighted by Gasteiger charge is 2.40. The second-order valence-corrected chi connectivity index (χ2v) is 9.68. The van der Waals surface area contributed by atoms with Crippen LogP contribution in [-0.4, -0.2) is 58.7 Å². The van der Waals surface area contributed by atoms with E-state index in [1.54, 1.807) is 17.0 Å². The summed E-state index contributed by atoms with van der Waals surface area (Å²) < 4.78 is 11.6. The van der Waals surface area contributed by atoms with Gasteiger partial charge in [0.05, 0.1) is 38.4 Å². The molecule has 2 fully saturated rings. The second-order valence-electron chi connectivity index (χ2n) is 9.68. The molecule has 2 aliphatic heterocycles. The molecule has 2 aromatic rings. The van der Waals surface area contributed by atoms with Crippen molar-refractivity contribution in [2.75, 3.05) is 13.2 Å². The van der Waals surface area contributed by atoms with Crippen molar-refractivity contribution in [2.45, 2.75) is 64.1 Å². The fraction of sp³-hybridized carbons (Fsp3) is 0.444. The lowest BCUT2D eigenvalue weighted by molar-refractivity contribution is -0.133. The summed E-state index contributed by atoms with van der Waals surface area (Å²) in [5, 5.41) is 0. The number of ketones is 2. The Balaban J connectivity index is 1.23. The topological polar surface area (TPSA) is 102 Å². The summed E-state index contributed by atoms with van der Waals surface area (Å²) in [5.74, 6) is 0.262. The number of nitrogens with zero attached hydrogens (tertiary/aromatic N) is 2. The average molecular weight is 478 g/mol. The molecule has 184 valence electrons. The Morgan fingerprint density at radius 1 is 1.06 bits per heavy atom. The number of rotatable bonds is 6. The molecule has 2 heterocycles. The number of amides is 1. The monoisotopic (exact) mass is 477 g/mol. The van der Waals surface area contributed by atoms with Crippen molar-refractivity contribution >= 4 is 17.5 Å². The average Bonchev–Trinajstić information content (AvgIpc) is 3.18. The molecule has 2 aromatic carbocycles. The van der Waals surface area contributed by atoms with Gasteiger partial charge in [-0.3, -0.25) is 19.3 Å². The van der Waals surface area contributed by atoms with Gasteiger partial charge in [-0.25, -0.2) is 0 Å². The number of benzene rings is 2. The Morgan fingerprint density at radius 2 is 1.83 bits per heavy atom. The second kappa shape index (κ2) is 9.89. The van der Waals surface area contributed by atoms with Crippen LogP contribution in [0.3, 0.4) is 0 Å². The molecule has 0 bridgehead atoms. The predicted molar refractivity (Wildman–Crippen MR) is 129 cm³/mol. The fourth-order valence-corrected chi connectivity index (χ4v) is 5.17. The number of hydrogen-bond acceptors (Lipinski definition) is 7. The van der Waals surface area contributed by atoms with Crippen LogP contribution in [0.5, 0.6) is 5.75 Å². The van der Waals surface area contributed by atoms with Crippen molar-refractivity contribution in [3.05, 3.63) is 64.7 Å². The molecular weight excluding hydrogens is 446 g/mol. The van der Waals surface area contributed by atoms with E-state index in [0.29, 0.717) is 50.5 Å². The fourth-order valence-electron chi connectivity index (χ4n) is 5.17. The molecule has 35 heavy (non-hydrogen) atoms. The summed E-state index contributed by atoms with van der Waals surface area (Å²) in [7, 11) is 0. The number of morpholine rings is 1. The zero-order valence-corrected chi connectivity index (χ0v) is 19.9. The Bertz CT molecular complexity index is 1120. The van der Waals surface area contributed by atoms with E-state index < -0.39 is 6.04 Å². The first-order chi connectivity index (χ1) is 16.9. The van der Waals surface area contributed by atoms with Crippen molar-refractivity contribution in [1.29, 1.82) is 0 Å². The molecule has 0 spiro atoms. The van der Waals surface area contributed by atoms with Gasteiger partial charge in [0.1, 0.15) is 18.1 Å². The van der Waals surface area contributed by atoms with Crippen LogP contribution in [0.1, 0.15) is 53.2 Å². The van der Waals surface area contributed by atoms with Gasteiger partial charge in [-0.15, -0.1) is 0 Å². The summed E-state index contributed by atoms with van der Waals surface area (Å²) in [4.78, 5) is 40.9. The van der Waals surface area contributed by atoms with Crippen molar-refractivity contribution in [3.8, 4) is 5.75 Å². The van der Waals surface area contributed by atoms with Crippen LogP contribution in [0.25, 0.3) is 0 Å². The minimum Gasteiger partial charge on any atom is -0.489 e. The third-order valence-electron chi connectivity index (χ3n) is 7.19. The number of carbonyl (C=O) groups is 3. The van der Waals surface area contributed by atoms with E-state index in [9.17, 15) is 14.4 Å². The van der Waals surface area contributed by atoms with Crippen molar-refractivity contribution in [2.24, 2.45) is 5.73 Å². The van der Waals surface area contributed by atoms with Crippen LogP contribution >= 0.6 is 0 Å². The first-order valence-corrected chi connectivity index (χ1v) is 12.2. The quantitative estimate of drug-likeness (QED) is 0.638. The maximum atomic E-state index is 13.0. The largest absolute Gasteiger partial charge is 0.489 e. The third-order valence-corrected chi connectivity index (χ3v) is 7.19. The summed E-state index contributed by atoms with van der Waals surface area (Å²) in [6.07, 6.45) is 0.550. The highest BCUT2D eigenvalue weighted by molar-refractivity contribution is 6.07. The van der Waals surface area contributed by atoms with Gasteiger partial charge in [-0.2, -0.15) is 0 Å². The van der Waals surface area contributed by atoms with Crippen molar-refractivity contribution in [3.63, 3.8) is 0 Å². The number of carbonyl (C=O) groups excluding carboxylic acids is 3. The smallest absolute Gasteiger partial charge is 0.255 e. The van der Waals surface area contributed by atoms with Gasteiger partial charge in [0, 0.05) is 30.1 Å². The van der Waals surface area contributed by atoms with E-state index >= 15 is 0 Å². The molecule has 1 saturated carbocycles. The third kappa shape index (κ3) is 4.87. The van der Waals surface area contributed by atoms with Gasteiger partial charge in [-0.05, 0) is 36.6 Å². The lowest BCUT2D eigenvalue weighted by Crippen LogP contribution is -2.54. The first-order valence-electron chi connectivity index (χ1n) is 12.2. The summed E-state index contributed by atoms with van der Waals surface area (Å²) in [6, 6.07) is 13.4. The van der Waals surface area contributed by atoms with E-state index in [1.165, 1.54) is 5.56 Å². The highest BCUT2D eigenvalue weighted by Crippen LogP contribution is 2.34. The minimum absolute atomic E-state index is 0.0484. The van der Waals surface area contributed by atoms with Crippen LogP contribution < -0.4 is 10.5 Å². The molecule has 2 N–H and O–H groups in total. The molecule has 1 amide bonds. The predicted octanol–water partition coefficient (Wildman–Crippen LogP) is 2.42. The molecule has 0 aromatic heterocycles. The Labute approximate surface area is 205 Å². The van der Waals surface area contributed by atoms with Crippen LogP contribution in [0.4, 0.5) is 0 Å². The van der Waals surface area contributed by atoms with E-state index in [1.807, 2.05) is 18.2 Å². The van der Waals surface area contributed by atoms with Crippen LogP contribution in [0, 0.1) is 0 Å². The van der Waals surface area contributed by atoms with E-state index in [0.717, 1.165) is 17.7 Å². The maximum absolute atomic E-state index is 13.0. The lowest BCUT2D eigenvalue weighted by Gasteiger charge is -2.38. The van der Waals surface area contributed by atoms with E-state index in [-0.39, 0.29) is 36.1 Å². The number of hydrogen-bond donors (Lipinski definition) is 1. The van der Waals surface area contributed by atoms with Crippen molar-refractivity contribution in [1.82, 2.24) is 9.80 Å². The normalized spacial score (nSPS) is 25.1. The standard InChI is InChI=1S/C27H31N3O5/c1-17-14-34-16-26(28)29(17)12-18-5-7-19(8-6-18)15-35-25-4-2-3-21-22(25)13-30(27(21)33)23-10-9-20(31)11-24(23)32/h2-8,17,23,26H,9-16,28H2,1H3/t17-,23?,26-/m1/s1. The van der Waals surface area contributed by atoms with Gasteiger partial charge >= 0.3 is 0 Å². The molecule has 1 saturated heterocycles. The first kappa shape index (κ1) is 23.7. The van der Waals surface area contributed by atoms with E-state index in [2.05, 4.69) is 24.0 Å². The molecule has 8 nitrogen and oxygen atoms in total. The molecule has 1 unspecified atom stereocenters.